The topological polar surface area (TPSA) is 38.3 Å². The zero-order valence-electron chi connectivity index (χ0n) is 8.76. The van der Waals surface area contributed by atoms with E-state index in [1.807, 2.05) is 25.1 Å². The maximum absolute atomic E-state index is 11.2. The van der Waals surface area contributed by atoms with Crippen molar-refractivity contribution >= 4 is 5.91 Å². The van der Waals surface area contributed by atoms with Gasteiger partial charge in [-0.3, -0.25) is 4.79 Å². The monoisotopic (exact) mass is 193 g/mol. The van der Waals surface area contributed by atoms with Crippen LogP contribution >= 0.6 is 0 Å². The fraction of sp³-hybridized carbons (Fsp3) is 0.364. The smallest absolute Gasteiger partial charge is 0.224 e. The van der Waals surface area contributed by atoms with E-state index in [1.165, 1.54) is 0 Å². The molecule has 0 radical (unpaired) electrons. The first-order valence-corrected chi connectivity index (χ1v) is 4.52. The molecule has 0 saturated heterocycles. The number of benzene rings is 1. The van der Waals surface area contributed by atoms with Crippen molar-refractivity contribution in [2.24, 2.45) is 0 Å². The van der Waals surface area contributed by atoms with Crippen molar-refractivity contribution in [2.75, 3.05) is 14.2 Å². The van der Waals surface area contributed by atoms with Gasteiger partial charge in [-0.1, -0.05) is 18.2 Å². The largest absolute Gasteiger partial charge is 0.496 e. The highest BCUT2D eigenvalue weighted by Crippen LogP contribution is 2.23. The van der Waals surface area contributed by atoms with Gasteiger partial charge in [0.2, 0.25) is 5.91 Å². The van der Waals surface area contributed by atoms with Crippen molar-refractivity contribution in [3.63, 3.8) is 0 Å². The predicted octanol–water partition coefficient (Wildman–Crippen LogP) is 1.29. The second-order valence-corrected chi connectivity index (χ2v) is 3.12. The molecule has 3 heteroatoms. The van der Waals surface area contributed by atoms with Crippen molar-refractivity contribution in [3.05, 3.63) is 29.3 Å². The van der Waals surface area contributed by atoms with Gasteiger partial charge in [-0.05, 0) is 12.5 Å². The fourth-order valence-electron chi connectivity index (χ4n) is 1.41. The van der Waals surface area contributed by atoms with E-state index in [2.05, 4.69) is 5.32 Å². The number of hydrogen-bond acceptors (Lipinski definition) is 2. The van der Waals surface area contributed by atoms with Gasteiger partial charge in [0.15, 0.2) is 0 Å². The number of amides is 1. The number of likely N-dealkylation sites (N-methyl/N-ethyl adjacent to an activating group) is 1. The Hall–Kier alpha value is -1.51. The maximum Gasteiger partial charge on any atom is 0.224 e. The van der Waals surface area contributed by atoms with E-state index in [-0.39, 0.29) is 5.91 Å². The third kappa shape index (κ3) is 2.25. The van der Waals surface area contributed by atoms with Gasteiger partial charge in [-0.15, -0.1) is 0 Å². The Morgan fingerprint density at radius 1 is 1.50 bits per heavy atom. The van der Waals surface area contributed by atoms with Crippen LogP contribution in [0.25, 0.3) is 0 Å². The van der Waals surface area contributed by atoms with Crippen molar-refractivity contribution in [1.82, 2.24) is 5.32 Å². The minimum absolute atomic E-state index is 0.00565. The molecule has 0 spiro atoms. The van der Waals surface area contributed by atoms with Crippen molar-refractivity contribution < 1.29 is 9.53 Å². The van der Waals surface area contributed by atoms with E-state index in [0.29, 0.717) is 6.42 Å². The number of para-hydroxylation sites is 1. The molecule has 14 heavy (non-hydrogen) atoms. The standard InChI is InChI=1S/C11H15NO2/c1-8-5-4-6-9(11(8)14-3)7-10(13)12-2/h4-6H,7H2,1-3H3,(H,12,13). The number of carbonyl (C=O) groups is 1. The minimum atomic E-state index is -0.00565. The molecule has 76 valence electrons. The summed E-state index contributed by atoms with van der Waals surface area (Å²) in [6.45, 7) is 1.96. The lowest BCUT2D eigenvalue weighted by Gasteiger charge is -2.10. The molecule has 0 unspecified atom stereocenters. The third-order valence-corrected chi connectivity index (χ3v) is 2.13. The lowest BCUT2D eigenvalue weighted by atomic mass is 10.1. The number of carbonyl (C=O) groups excluding carboxylic acids is 1. The van der Waals surface area contributed by atoms with E-state index >= 15 is 0 Å². The highest BCUT2D eigenvalue weighted by molar-refractivity contribution is 5.79. The maximum atomic E-state index is 11.2. The molecule has 0 heterocycles. The van der Waals surface area contributed by atoms with Gasteiger partial charge in [0, 0.05) is 12.6 Å². The molecule has 0 atom stereocenters. The van der Waals surface area contributed by atoms with Crippen LogP contribution in [0, 0.1) is 6.92 Å². The molecule has 1 aromatic carbocycles. The normalized spacial score (nSPS) is 9.64. The lowest BCUT2D eigenvalue weighted by Crippen LogP contribution is -2.20. The number of nitrogens with one attached hydrogen (secondary N) is 1. The summed E-state index contributed by atoms with van der Waals surface area (Å²) in [5.74, 6) is 0.796. The van der Waals surface area contributed by atoms with Gasteiger partial charge in [0.1, 0.15) is 5.75 Å². The quantitative estimate of drug-likeness (QED) is 0.785. The van der Waals surface area contributed by atoms with Gasteiger partial charge in [-0.2, -0.15) is 0 Å². The summed E-state index contributed by atoms with van der Waals surface area (Å²) in [7, 11) is 3.25. The number of aryl methyl sites for hydroxylation is 1. The summed E-state index contributed by atoms with van der Waals surface area (Å²) in [4.78, 5) is 11.2. The molecule has 1 amide bonds. The summed E-state index contributed by atoms with van der Waals surface area (Å²) in [6.07, 6.45) is 0.362. The van der Waals surface area contributed by atoms with Crippen LogP contribution in [-0.4, -0.2) is 20.1 Å². The molecular formula is C11H15NO2. The average molecular weight is 193 g/mol. The molecule has 0 aliphatic rings. The van der Waals surface area contributed by atoms with Crippen molar-refractivity contribution in [3.8, 4) is 5.75 Å². The summed E-state index contributed by atoms with van der Waals surface area (Å²) < 4.78 is 5.24. The molecule has 3 nitrogen and oxygen atoms in total. The molecule has 1 N–H and O–H groups in total. The zero-order valence-corrected chi connectivity index (χ0v) is 8.76. The summed E-state index contributed by atoms with van der Waals surface area (Å²) in [5.41, 5.74) is 1.97. The first-order valence-electron chi connectivity index (χ1n) is 4.52. The molecule has 0 fully saturated rings. The van der Waals surface area contributed by atoms with Crippen LogP contribution < -0.4 is 10.1 Å². The van der Waals surface area contributed by atoms with Crippen LogP contribution in [0.3, 0.4) is 0 Å². The number of methoxy groups -OCH3 is 1. The van der Waals surface area contributed by atoms with Crippen LogP contribution in [0.15, 0.2) is 18.2 Å². The second kappa shape index (κ2) is 4.65. The Balaban J connectivity index is 2.96. The van der Waals surface area contributed by atoms with Gasteiger partial charge in [0.05, 0.1) is 13.5 Å². The van der Waals surface area contributed by atoms with Crippen LogP contribution in [0.5, 0.6) is 5.75 Å². The van der Waals surface area contributed by atoms with Gasteiger partial charge in [0.25, 0.3) is 0 Å². The molecule has 0 aliphatic carbocycles. The Kier molecular flexibility index (Phi) is 3.51. The number of rotatable bonds is 3. The molecule has 1 aromatic rings. The highest BCUT2D eigenvalue weighted by Gasteiger charge is 2.08. The average Bonchev–Trinajstić information content (AvgIpc) is 2.18. The van der Waals surface area contributed by atoms with Crippen molar-refractivity contribution in [2.45, 2.75) is 13.3 Å². The third-order valence-electron chi connectivity index (χ3n) is 2.13. The second-order valence-electron chi connectivity index (χ2n) is 3.12. The van der Waals surface area contributed by atoms with Crippen LogP contribution in [0.1, 0.15) is 11.1 Å². The molecule has 0 bridgehead atoms. The summed E-state index contributed by atoms with van der Waals surface area (Å²) >= 11 is 0. The first-order chi connectivity index (χ1) is 6.69. The van der Waals surface area contributed by atoms with Gasteiger partial charge >= 0.3 is 0 Å². The first kappa shape index (κ1) is 10.6. The molecule has 0 saturated carbocycles. The van der Waals surface area contributed by atoms with E-state index in [1.54, 1.807) is 14.2 Å². The zero-order chi connectivity index (χ0) is 10.6. The number of ether oxygens (including phenoxy) is 1. The Morgan fingerprint density at radius 2 is 2.21 bits per heavy atom. The van der Waals surface area contributed by atoms with E-state index in [9.17, 15) is 4.79 Å². The van der Waals surface area contributed by atoms with Crippen LogP contribution in [-0.2, 0) is 11.2 Å². The van der Waals surface area contributed by atoms with Crippen LogP contribution in [0.2, 0.25) is 0 Å². The molecule has 1 rings (SSSR count). The van der Waals surface area contributed by atoms with Crippen molar-refractivity contribution in [1.29, 1.82) is 0 Å². The fourth-order valence-corrected chi connectivity index (χ4v) is 1.41. The Bertz CT molecular complexity index is 334. The highest BCUT2D eigenvalue weighted by atomic mass is 16.5. The number of hydrogen-bond donors (Lipinski definition) is 1. The Morgan fingerprint density at radius 3 is 2.79 bits per heavy atom. The molecular weight excluding hydrogens is 178 g/mol. The van der Waals surface area contributed by atoms with Gasteiger partial charge in [-0.25, -0.2) is 0 Å². The van der Waals surface area contributed by atoms with E-state index in [0.717, 1.165) is 16.9 Å². The summed E-state index contributed by atoms with van der Waals surface area (Å²) in [6, 6.07) is 5.80. The van der Waals surface area contributed by atoms with Crippen LogP contribution in [0.4, 0.5) is 0 Å². The lowest BCUT2D eigenvalue weighted by molar-refractivity contribution is -0.119. The Labute approximate surface area is 84.1 Å². The molecule has 0 aliphatic heterocycles. The SMILES string of the molecule is CNC(=O)Cc1cccc(C)c1OC. The minimum Gasteiger partial charge on any atom is -0.496 e. The predicted molar refractivity (Wildman–Crippen MR) is 55.5 cm³/mol. The van der Waals surface area contributed by atoms with E-state index < -0.39 is 0 Å². The van der Waals surface area contributed by atoms with Gasteiger partial charge < -0.3 is 10.1 Å². The van der Waals surface area contributed by atoms with E-state index in [4.69, 9.17) is 4.74 Å². The molecule has 0 aromatic heterocycles. The summed E-state index contributed by atoms with van der Waals surface area (Å²) in [5, 5.41) is 2.59.